The molecule has 0 saturated carbocycles. The zero-order valence-electron chi connectivity index (χ0n) is 16.3. The van der Waals surface area contributed by atoms with Crippen molar-refractivity contribution in [3.8, 4) is 0 Å². The van der Waals surface area contributed by atoms with Gasteiger partial charge in [-0.25, -0.2) is 0 Å². The number of amides is 2. The van der Waals surface area contributed by atoms with E-state index in [-0.39, 0.29) is 23.7 Å². The summed E-state index contributed by atoms with van der Waals surface area (Å²) in [6.07, 6.45) is 3.24. The maximum atomic E-state index is 13.2. The molecule has 154 valence electrons. The van der Waals surface area contributed by atoms with Crippen LogP contribution >= 0.6 is 11.8 Å². The van der Waals surface area contributed by atoms with E-state index in [0.29, 0.717) is 16.2 Å². The molecule has 0 radical (unpaired) electrons. The number of rotatable bonds is 7. The van der Waals surface area contributed by atoms with Crippen molar-refractivity contribution in [2.24, 2.45) is 0 Å². The highest BCUT2D eigenvalue weighted by Crippen LogP contribution is 2.38. The Hall–Kier alpha value is -3.78. The molecule has 1 aromatic heterocycles. The Morgan fingerprint density at radius 2 is 1.61 bits per heavy atom. The van der Waals surface area contributed by atoms with Crippen molar-refractivity contribution in [2.75, 3.05) is 0 Å². The number of nitro benzene ring substituents is 1. The summed E-state index contributed by atoms with van der Waals surface area (Å²) in [7, 11) is 0. The number of aromatic nitrogens is 1. The number of thioether (sulfide) groups is 1. The fourth-order valence-electron chi connectivity index (χ4n) is 3.24. The van der Waals surface area contributed by atoms with Crippen LogP contribution in [0.1, 0.15) is 16.7 Å². The van der Waals surface area contributed by atoms with Gasteiger partial charge in [-0.1, -0.05) is 36.4 Å². The number of benzene rings is 2. The predicted octanol–water partition coefficient (Wildman–Crippen LogP) is 4.20. The van der Waals surface area contributed by atoms with Crippen molar-refractivity contribution in [3.05, 3.63) is 111 Å². The molecule has 0 fully saturated rings. The van der Waals surface area contributed by atoms with Gasteiger partial charge in [0.25, 0.3) is 17.5 Å². The zero-order chi connectivity index (χ0) is 21.8. The van der Waals surface area contributed by atoms with E-state index in [2.05, 4.69) is 4.98 Å². The highest BCUT2D eigenvalue weighted by atomic mass is 32.2. The third-order valence-electron chi connectivity index (χ3n) is 4.78. The molecule has 1 aliphatic heterocycles. The van der Waals surface area contributed by atoms with Crippen molar-refractivity contribution in [1.29, 1.82) is 0 Å². The Bertz CT molecular complexity index is 1160. The van der Waals surface area contributed by atoms with Crippen molar-refractivity contribution in [2.45, 2.75) is 12.3 Å². The Kier molecular flexibility index (Phi) is 5.90. The van der Waals surface area contributed by atoms with Crippen molar-refractivity contribution in [3.63, 3.8) is 0 Å². The third-order valence-corrected chi connectivity index (χ3v) is 5.93. The summed E-state index contributed by atoms with van der Waals surface area (Å²) < 4.78 is 0. The Labute approximate surface area is 182 Å². The molecule has 4 rings (SSSR count). The van der Waals surface area contributed by atoms with Gasteiger partial charge < -0.3 is 0 Å². The molecule has 0 aliphatic carbocycles. The molecule has 2 amide bonds. The zero-order valence-corrected chi connectivity index (χ0v) is 17.1. The minimum Gasteiger partial charge on any atom is -0.269 e. The second-order valence-corrected chi connectivity index (χ2v) is 7.83. The lowest BCUT2D eigenvalue weighted by molar-refractivity contribution is -0.384. The van der Waals surface area contributed by atoms with E-state index in [0.717, 1.165) is 11.1 Å². The van der Waals surface area contributed by atoms with E-state index in [4.69, 9.17) is 0 Å². The lowest BCUT2D eigenvalue weighted by Gasteiger charge is -2.15. The average Bonchev–Trinajstić information content (AvgIpc) is 3.03. The molecule has 0 atom stereocenters. The second kappa shape index (κ2) is 8.93. The van der Waals surface area contributed by atoms with Gasteiger partial charge in [-0.05, 0) is 34.9 Å². The Morgan fingerprint density at radius 1 is 0.903 bits per heavy atom. The molecule has 31 heavy (non-hydrogen) atoms. The second-order valence-electron chi connectivity index (χ2n) is 6.84. The smallest absolute Gasteiger partial charge is 0.269 e. The van der Waals surface area contributed by atoms with Gasteiger partial charge in [-0.3, -0.25) is 29.6 Å². The van der Waals surface area contributed by atoms with Crippen LogP contribution in [0.4, 0.5) is 5.69 Å². The average molecular weight is 431 g/mol. The Balaban J connectivity index is 1.68. The molecule has 0 N–H and O–H groups in total. The molecule has 0 spiro atoms. The summed E-state index contributed by atoms with van der Waals surface area (Å²) in [5.41, 5.74) is 2.43. The van der Waals surface area contributed by atoms with Crippen LogP contribution in [0.5, 0.6) is 0 Å². The minimum atomic E-state index is -0.500. The summed E-state index contributed by atoms with van der Waals surface area (Å²) in [5.74, 6) is -0.270. The maximum absolute atomic E-state index is 13.2. The first-order valence-corrected chi connectivity index (χ1v) is 10.4. The lowest BCUT2D eigenvalue weighted by atomic mass is 10.1. The molecule has 7 nitrogen and oxygen atoms in total. The number of non-ortho nitro benzene ring substituents is 1. The minimum absolute atomic E-state index is 0.0770. The van der Waals surface area contributed by atoms with Gasteiger partial charge in [0.15, 0.2) is 0 Å². The van der Waals surface area contributed by atoms with E-state index in [1.165, 1.54) is 40.9 Å². The molecule has 8 heteroatoms. The van der Waals surface area contributed by atoms with Crippen LogP contribution in [0.3, 0.4) is 0 Å². The molecule has 0 unspecified atom stereocenters. The first-order valence-electron chi connectivity index (χ1n) is 9.45. The summed E-state index contributed by atoms with van der Waals surface area (Å²) in [6.45, 7) is 0.109. The standard InChI is InChI=1S/C23H17N3O4S/c27-22-20(18-8-10-19(11-9-18)26(29)30)21(31-15-16-5-2-1-3-6-16)23(28)25(22)14-17-7-4-12-24-13-17/h1-13H,14-15H2. The van der Waals surface area contributed by atoms with Crippen molar-refractivity contribution in [1.82, 2.24) is 9.88 Å². The molecular weight excluding hydrogens is 414 g/mol. The van der Waals surface area contributed by atoms with Crippen molar-refractivity contribution < 1.29 is 14.5 Å². The Morgan fingerprint density at radius 3 is 2.26 bits per heavy atom. The van der Waals surface area contributed by atoms with E-state index >= 15 is 0 Å². The first kappa shape index (κ1) is 20.5. The van der Waals surface area contributed by atoms with Crippen molar-refractivity contribution >= 4 is 34.8 Å². The van der Waals surface area contributed by atoms with Crippen LogP contribution in [0, 0.1) is 10.1 Å². The van der Waals surface area contributed by atoms with Gasteiger partial charge >= 0.3 is 0 Å². The number of nitrogens with zero attached hydrogens (tertiary/aromatic N) is 3. The van der Waals surface area contributed by atoms with E-state index in [1.54, 1.807) is 24.5 Å². The molecular formula is C23H17N3O4S. The number of pyridine rings is 1. The highest BCUT2D eigenvalue weighted by Gasteiger charge is 2.39. The van der Waals surface area contributed by atoms with Gasteiger partial charge in [0.1, 0.15) is 0 Å². The molecule has 3 aromatic rings. The fourth-order valence-corrected chi connectivity index (χ4v) is 4.33. The predicted molar refractivity (Wildman–Crippen MR) is 118 cm³/mol. The van der Waals surface area contributed by atoms with Gasteiger partial charge in [-0.15, -0.1) is 11.8 Å². The number of hydrogen-bond donors (Lipinski definition) is 0. The number of imide groups is 1. The van der Waals surface area contributed by atoms with Gasteiger partial charge in [0.2, 0.25) is 0 Å². The summed E-state index contributed by atoms with van der Waals surface area (Å²) >= 11 is 1.29. The van der Waals surface area contributed by atoms with Crippen LogP contribution < -0.4 is 0 Å². The first-order chi connectivity index (χ1) is 15.0. The van der Waals surface area contributed by atoms with Crippen LogP contribution in [0.15, 0.2) is 84.0 Å². The van der Waals surface area contributed by atoms with Gasteiger partial charge in [0, 0.05) is 30.3 Å². The summed E-state index contributed by atoms with van der Waals surface area (Å²) in [5, 5.41) is 11.0. The van der Waals surface area contributed by atoms with Crippen LogP contribution in [0.25, 0.3) is 5.57 Å². The maximum Gasteiger partial charge on any atom is 0.269 e. The topological polar surface area (TPSA) is 93.4 Å². The fraction of sp³-hybridized carbons (Fsp3) is 0.0870. The molecule has 0 bridgehead atoms. The SMILES string of the molecule is O=C1C(SCc2ccccc2)=C(c2ccc([N+](=O)[O-])cc2)C(=O)N1Cc1cccnc1. The third kappa shape index (κ3) is 4.39. The van der Waals surface area contributed by atoms with E-state index in [1.807, 2.05) is 30.3 Å². The largest absolute Gasteiger partial charge is 0.269 e. The van der Waals surface area contributed by atoms with Crippen LogP contribution in [-0.4, -0.2) is 26.6 Å². The van der Waals surface area contributed by atoms with Crippen LogP contribution in [-0.2, 0) is 21.9 Å². The number of carbonyl (C=O) groups excluding carboxylic acids is 2. The van der Waals surface area contributed by atoms with Crippen LogP contribution in [0.2, 0.25) is 0 Å². The van der Waals surface area contributed by atoms with Gasteiger partial charge in [-0.2, -0.15) is 0 Å². The van der Waals surface area contributed by atoms with Gasteiger partial charge in [0.05, 0.1) is 21.9 Å². The molecule has 2 aromatic carbocycles. The lowest BCUT2D eigenvalue weighted by Crippen LogP contribution is -2.31. The molecule has 2 heterocycles. The molecule has 0 saturated heterocycles. The normalized spacial score (nSPS) is 13.7. The monoisotopic (exact) mass is 431 g/mol. The van der Waals surface area contributed by atoms with E-state index in [9.17, 15) is 19.7 Å². The number of carbonyl (C=O) groups is 2. The number of hydrogen-bond acceptors (Lipinski definition) is 6. The number of nitro groups is 1. The highest BCUT2D eigenvalue weighted by molar-refractivity contribution is 8.03. The molecule has 1 aliphatic rings. The summed E-state index contributed by atoms with van der Waals surface area (Å²) in [4.78, 5) is 42.5. The van der Waals surface area contributed by atoms with E-state index < -0.39 is 10.8 Å². The quantitative estimate of drug-likeness (QED) is 0.316. The summed E-state index contributed by atoms with van der Waals surface area (Å²) in [6, 6.07) is 18.9.